The van der Waals surface area contributed by atoms with Crippen LogP contribution in [0.3, 0.4) is 0 Å². The van der Waals surface area contributed by atoms with Crippen LogP contribution in [0, 0.1) is 12.8 Å². The standard InChI is InChI=1S/C21H25NO4S/c1-14-3-5-15(6-4-14)16-7-9-17(10-8-16)21(24)22-18-11-12-19(23)20(13-18)27(2,25)26/h3-6,11-13,16-17,23H,7-10H2,1-2H3,(H,22,24). The number of carbonyl (C=O) groups excluding carboxylic acids is 1. The molecule has 1 fully saturated rings. The van der Waals surface area contributed by atoms with Gasteiger partial charge in [-0.1, -0.05) is 29.8 Å². The Hall–Kier alpha value is -2.34. The van der Waals surface area contributed by atoms with Gasteiger partial charge in [-0.15, -0.1) is 0 Å². The second-order valence-corrected chi connectivity index (χ2v) is 9.39. The summed E-state index contributed by atoms with van der Waals surface area (Å²) in [5.74, 6) is -0.000976. The lowest BCUT2D eigenvalue weighted by atomic mass is 9.78. The molecule has 1 amide bonds. The lowest BCUT2D eigenvalue weighted by Crippen LogP contribution is -2.26. The highest BCUT2D eigenvalue weighted by atomic mass is 32.2. The van der Waals surface area contributed by atoms with Crippen LogP contribution in [0.25, 0.3) is 0 Å². The van der Waals surface area contributed by atoms with Gasteiger partial charge >= 0.3 is 0 Å². The van der Waals surface area contributed by atoms with Crippen molar-refractivity contribution >= 4 is 21.4 Å². The zero-order valence-electron chi connectivity index (χ0n) is 15.6. The average Bonchev–Trinajstić information content (AvgIpc) is 2.63. The predicted molar refractivity (Wildman–Crippen MR) is 106 cm³/mol. The van der Waals surface area contributed by atoms with Gasteiger partial charge in [0, 0.05) is 17.9 Å². The molecule has 2 N–H and O–H groups in total. The SMILES string of the molecule is Cc1ccc(C2CCC(C(=O)Nc3ccc(O)c(S(C)(=O)=O)c3)CC2)cc1. The first-order valence-electron chi connectivity index (χ1n) is 9.14. The maximum Gasteiger partial charge on any atom is 0.227 e. The van der Waals surface area contributed by atoms with Crippen LogP contribution in [0.5, 0.6) is 5.75 Å². The number of nitrogens with one attached hydrogen (secondary N) is 1. The van der Waals surface area contributed by atoms with Crippen LogP contribution in [0.1, 0.15) is 42.7 Å². The van der Waals surface area contributed by atoms with Gasteiger partial charge in [0.25, 0.3) is 0 Å². The van der Waals surface area contributed by atoms with Crippen molar-refractivity contribution in [2.75, 3.05) is 11.6 Å². The fourth-order valence-electron chi connectivity index (χ4n) is 3.66. The molecule has 6 heteroatoms. The molecule has 1 aliphatic carbocycles. The summed E-state index contributed by atoms with van der Waals surface area (Å²) in [5, 5.41) is 12.5. The Kier molecular flexibility index (Phi) is 5.56. The molecule has 3 rings (SSSR count). The van der Waals surface area contributed by atoms with Gasteiger partial charge in [-0.05, 0) is 62.3 Å². The van der Waals surface area contributed by atoms with E-state index in [9.17, 15) is 18.3 Å². The first kappa shape index (κ1) is 19.4. The molecule has 1 aliphatic rings. The summed E-state index contributed by atoms with van der Waals surface area (Å²) in [7, 11) is -3.56. The van der Waals surface area contributed by atoms with Crippen LogP contribution in [0.4, 0.5) is 5.69 Å². The maximum absolute atomic E-state index is 12.6. The molecule has 0 radical (unpaired) electrons. The highest BCUT2D eigenvalue weighted by Gasteiger charge is 2.27. The Balaban J connectivity index is 1.62. The fourth-order valence-corrected chi connectivity index (χ4v) is 4.45. The van der Waals surface area contributed by atoms with E-state index in [0.29, 0.717) is 11.6 Å². The Labute approximate surface area is 160 Å². The Bertz CT molecular complexity index is 927. The van der Waals surface area contributed by atoms with E-state index in [0.717, 1.165) is 31.9 Å². The number of aryl methyl sites for hydroxylation is 1. The molecule has 0 aromatic heterocycles. The molecule has 0 aliphatic heterocycles. The maximum atomic E-state index is 12.6. The summed E-state index contributed by atoms with van der Waals surface area (Å²) in [5.41, 5.74) is 2.96. The van der Waals surface area contributed by atoms with Crippen LogP contribution < -0.4 is 5.32 Å². The summed E-state index contributed by atoms with van der Waals surface area (Å²) in [4.78, 5) is 12.4. The molecule has 0 saturated heterocycles. The largest absolute Gasteiger partial charge is 0.507 e. The molecule has 0 heterocycles. The number of hydrogen-bond acceptors (Lipinski definition) is 4. The van der Waals surface area contributed by atoms with E-state index >= 15 is 0 Å². The van der Waals surface area contributed by atoms with Crippen molar-refractivity contribution in [1.82, 2.24) is 0 Å². The van der Waals surface area contributed by atoms with Crippen LogP contribution in [0.15, 0.2) is 47.4 Å². The van der Waals surface area contributed by atoms with E-state index in [2.05, 4.69) is 36.5 Å². The van der Waals surface area contributed by atoms with Gasteiger partial charge in [0.15, 0.2) is 9.84 Å². The second kappa shape index (κ2) is 7.72. The van der Waals surface area contributed by atoms with Gasteiger partial charge in [0.2, 0.25) is 5.91 Å². The number of sulfone groups is 1. The van der Waals surface area contributed by atoms with Gasteiger partial charge in [0.05, 0.1) is 0 Å². The molecule has 0 spiro atoms. The molecular formula is C21H25NO4S. The first-order valence-corrected chi connectivity index (χ1v) is 11.0. The Morgan fingerprint density at radius 3 is 2.26 bits per heavy atom. The molecule has 0 atom stereocenters. The topological polar surface area (TPSA) is 83.5 Å². The van der Waals surface area contributed by atoms with Crippen LogP contribution in [-0.4, -0.2) is 25.7 Å². The minimum Gasteiger partial charge on any atom is -0.507 e. The van der Waals surface area contributed by atoms with Crippen molar-refractivity contribution < 1.29 is 18.3 Å². The summed E-state index contributed by atoms with van der Waals surface area (Å²) >= 11 is 0. The minimum absolute atomic E-state index is 0.0813. The molecule has 144 valence electrons. The van der Waals surface area contributed by atoms with Gasteiger partial charge in [-0.2, -0.15) is 0 Å². The zero-order chi connectivity index (χ0) is 19.6. The van der Waals surface area contributed by atoms with Crippen molar-refractivity contribution in [3.8, 4) is 5.75 Å². The van der Waals surface area contributed by atoms with E-state index in [1.807, 2.05) is 0 Å². The number of aromatic hydroxyl groups is 1. The predicted octanol–water partition coefficient (Wildman–Crippen LogP) is 4.02. The molecule has 0 unspecified atom stereocenters. The number of carbonyl (C=O) groups is 1. The van der Waals surface area contributed by atoms with Crippen molar-refractivity contribution in [2.24, 2.45) is 5.92 Å². The monoisotopic (exact) mass is 387 g/mol. The zero-order valence-corrected chi connectivity index (χ0v) is 16.4. The lowest BCUT2D eigenvalue weighted by Gasteiger charge is -2.28. The summed E-state index contributed by atoms with van der Waals surface area (Å²) < 4.78 is 23.4. The fraction of sp³-hybridized carbons (Fsp3) is 0.381. The van der Waals surface area contributed by atoms with Gasteiger partial charge in [-0.3, -0.25) is 4.79 Å². The number of benzene rings is 2. The number of hydrogen-bond donors (Lipinski definition) is 2. The third-order valence-corrected chi connectivity index (χ3v) is 6.40. The van der Waals surface area contributed by atoms with Crippen LogP contribution in [0.2, 0.25) is 0 Å². The molecule has 0 bridgehead atoms. The first-order chi connectivity index (χ1) is 12.7. The number of phenolic OH excluding ortho intramolecular Hbond substituents is 1. The van der Waals surface area contributed by atoms with E-state index in [1.165, 1.54) is 29.3 Å². The summed E-state index contributed by atoms with van der Waals surface area (Å²) in [6.07, 6.45) is 4.57. The molecule has 2 aromatic rings. The molecule has 5 nitrogen and oxygen atoms in total. The number of rotatable bonds is 4. The second-order valence-electron chi connectivity index (χ2n) is 7.40. The smallest absolute Gasteiger partial charge is 0.227 e. The highest BCUT2D eigenvalue weighted by Crippen LogP contribution is 2.36. The Morgan fingerprint density at radius 1 is 1.04 bits per heavy atom. The van der Waals surface area contributed by atoms with Crippen molar-refractivity contribution in [3.05, 3.63) is 53.6 Å². The third-order valence-electron chi connectivity index (χ3n) is 5.27. The van der Waals surface area contributed by atoms with E-state index in [1.54, 1.807) is 0 Å². The number of anilines is 1. The van der Waals surface area contributed by atoms with Crippen molar-refractivity contribution in [1.29, 1.82) is 0 Å². The van der Waals surface area contributed by atoms with Gasteiger partial charge in [0.1, 0.15) is 10.6 Å². The Morgan fingerprint density at radius 2 is 1.67 bits per heavy atom. The molecule has 1 saturated carbocycles. The molecule has 27 heavy (non-hydrogen) atoms. The highest BCUT2D eigenvalue weighted by molar-refractivity contribution is 7.90. The van der Waals surface area contributed by atoms with Gasteiger partial charge < -0.3 is 10.4 Å². The normalized spacial score (nSPS) is 20.2. The van der Waals surface area contributed by atoms with Crippen molar-refractivity contribution in [2.45, 2.75) is 43.4 Å². The van der Waals surface area contributed by atoms with Crippen LogP contribution >= 0.6 is 0 Å². The molecular weight excluding hydrogens is 362 g/mol. The summed E-state index contributed by atoms with van der Waals surface area (Å²) in [6.45, 7) is 2.07. The minimum atomic E-state index is -3.56. The summed E-state index contributed by atoms with van der Waals surface area (Å²) in [6, 6.07) is 12.7. The van der Waals surface area contributed by atoms with E-state index in [-0.39, 0.29) is 22.5 Å². The van der Waals surface area contributed by atoms with Crippen LogP contribution in [-0.2, 0) is 14.6 Å². The number of amides is 1. The quantitative estimate of drug-likeness (QED) is 0.776. The lowest BCUT2D eigenvalue weighted by molar-refractivity contribution is -0.120. The van der Waals surface area contributed by atoms with Gasteiger partial charge in [-0.25, -0.2) is 8.42 Å². The third kappa shape index (κ3) is 4.69. The van der Waals surface area contributed by atoms with Crippen molar-refractivity contribution in [3.63, 3.8) is 0 Å². The average molecular weight is 388 g/mol. The number of phenols is 1. The van der Waals surface area contributed by atoms with E-state index < -0.39 is 9.84 Å². The molecule has 2 aromatic carbocycles. The van der Waals surface area contributed by atoms with E-state index in [4.69, 9.17) is 0 Å².